The van der Waals surface area contributed by atoms with E-state index in [1.54, 1.807) is 6.92 Å². The Morgan fingerprint density at radius 1 is 1.53 bits per heavy atom. The Hall–Kier alpha value is -1.77. The summed E-state index contributed by atoms with van der Waals surface area (Å²) >= 11 is 0. The summed E-state index contributed by atoms with van der Waals surface area (Å²) in [7, 11) is 0. The smallest absolute Gasteiger partial charge is 0.333 e. The highest BCUT2D eigenvalue weighted by molar-refractivity contribution is 5.87. The molecule has 3 heteroatoms. The Morgan fingerprint density at radius 2 is 2.27 bits per heavy atom. The largest absolute Gasteiger partial charge is 0.457 e. The number of carbonyl (C=O) groups excluding carboxylic acids is 1. The summed E-state index contributed by atoms with van der Waals surface area (Å²) in [5.74, 6) is -0.374. The molecular weight excluding hydrogens is 192 g/mol. The van der Waals surface area contributed by atoms with Gasteiger partial charge in [0.05, 0.1) is 0 Å². The Labute approximate surface area is 87.7 Å². The van der Waals surface area contributed by atoms with Crippen molar-refractivity contribution in [2.75, 3.05) is 0 Å². The lowest BCUT2D eigenvalue weighted by Gasteiger charge is -2.11. The van der Waals surface area contributed by atoms with Crippen LogP contribution in [-0.4, -0.2) is 5.97 Å². The Bertz CT molecular complexity index is 495. The average molecular weight is 204 g/mol. The van der Waals surface area contributed by atoms with Gasteiger partial charge >= 0.3 is 5.97 Å². The van der Waals surface area contributed by atoms with Crippen LogP contribution in [0.2, 0.25) is 0 Å². The predicted molar refractivity (Wildman–Crippen MR) is 56.7 cm³/mol. The first-order valence-corrected chi connectivity index (χ1v) is 4.76. The zero-order chi connectivity index (χ0) is 11.0. The molecule has 0 aliphatic heterocycles. The van der Waals surface area contributed by atoms with Gasteiger partial charge in [0.25, 0.3) is 0 Å². The van der Waals surface area contributed by atoms with Gasteiger partial charge in [0, 0.05) is 11.1 Å². The van der Waals surface area contributed by atoms with Gasteiger partial charge in [-0.1, -0.05) is 6.58 Å². The molecule has 2 aromatic heterocycles. The molecule has 3 nitrogen and oxygen atoms in total. The first-order chi connectivity index (χ1) is 7.08. The van der Waals surface area contributed by atoms with E-state index in [4.69, 9.17) is 9.15 Å². The van der Waals surface area contributed by atoms with Crippen LogP contribution in [0.4, 0.5) is 0 Å². The number of benzene rings is 1. The van der Waals surface area contributed by atoms with Gasteiger partial charge in [0.15, 0.2) is 0 Å². The standard InChI is InChI=1S/C12H12O3/c1-7(2)12(13)14-8(3)10-6-9-4-5-11(10)15-9/h4-6,8H,1H2,2-3H3. The molecule has 0 spiro atoms. The highest BCUT2D eigenvalue weighted by Crippen LogP contribution is 2.29. The van der Waals surface area contributed by atoms with Gasteiger partial charge in [-0.15, -0.1) is 0 Å². The van der Waals surface area contributed by atoms with Gasteiger partial charge in [0.2, 0.25) is 0 Å². The maximum atomic E-state index is 11.3. The van der Waals surface area contributed by atoms with Crippen LogP contribution in [0, 0.1) is 0 Å². The maximum Gasteiger partial charge on any atom is 0.333 e. The van der Waals surface area contributed by atoms with Gasteiger partial charge in [-0.3, -0.25) is 0 Å². The van der Waals surface area contributed by atoms with Crippen LogP contribution < -0.4 is 0 Å². The molecule has 1 atom stereocenters. The molecule has 0 fully saturated rings. The minimum atomic E-state index is -0.374. The second-order valence-electron chi connectivity index (χ2n) is 3.63. The van der Waals surface area contributed by atoms with Crippen molar-refractivity contribution < 1.29 is 13.9 Å². The Balaban J connectivity index is 2.14. The number of esters is 1. The molecule has 2 bridgehead atoms. The fraction of sp³-hybridized carbons (Fsp3) is 0.250. The van der Waals surface area contributed by atoms with Gasteiger partial charge < -0.3 is 9.15 Å². The quantitative estimate of drug-likeness (QED) is 0.569. The number of hydrogen-bond donors (Lipinski definition) is 0. The minimum absolute atomic E-state index is 0.299. The Morgan fingerprint density at radius 3 is 2.73 bits per heavy atom. The number of furan rings is 2. The number of ether oxygens (including phenoxy) is 1. The first kappa shape index (κ1) is 9.77. The first-order valence-electron chi connectivity index (χ1n) is 4.76. The van der Waals surface area contributed by atoms with Crippen molar-refractivity contribution in [1.29, 1.82) is 0 Å². The van der Waals surface area contributed by atoms with E-state index in [0.29, 0.717) is 5.57 Å². The van der Waals surface area contributed by atoms with Crippen molar-refractivity contribution in [3.05, 3.63) is 35.9 Å². The van der Waals surface area contributed by atoms with E-state index in [9.17, 15) is 4.79 Å². The normalized spacial score (nSPS) is 12.9. The SMILES string of the molecule is C=C(C)C(=O)OC(C)c1cc2ccc1o2. The van der Waals surface area contributed by atoms with Crippen LogP contribution in [-0.2, 0) is 9.53 Å². The fourth-order valence-electron chi connectivity index (χ4n) is 1.45. The van der Waals surface area contributed by atoms with Crippen LogP contribution in [0.5, 0.6) is 0 Å². The number of carbonyl (C=O) groups is 1. The summed E-state index contributed by atoms with van der Waals surface area (Å²) in [6.07, 6.45) is -0.299. The summed E-state index contributed by atoms with van der Waals surface area (Å²) in [4.78, 5) is 11.3. The average Bonchev–Trinajstić information content (AvgIpc) is 2.78. The van der Waals surface area contributed by atoms with E-state index in [1.165, 1.54) is 0 Å². The second kappa shape index (κ2) is 3.42. The molecule has 0 amide bonds. The molecule has 1 unspecified atom stereocenters. The van der Waals surface area contributed by atoms with E-state index in [2.05, 4.69) is 6.58 Å². The summed E-state index contributed by atoms with van der Waals surface area (Å²) in [5.41, 5.74) is 2.88. The van der Waals surface area contributed by atoms with Crippen molar-refractivity contribution in [1.82, 2.24) is 0 Å². The van der Waals surface area contributed by atoms with E-state index >= 15 is 0 Å². The lowest BCUT2D eigenvalue weighted by atomic mass is 10.1. The third-order valence-electron chi connectivity index (χ3n) is 2.28. The molecule has 0 aliphatic rings. The monoisotopic (exact) mass is 204 g/mol. The van der Waals surface area contributed by atoms with Crippen molar-refractivity contribution in [3.8, 4) is 0 Å². The van der Waals surface area contributed by atoms with Crippen molar-refractivity contribution in [2.24, 2.45) is 0 Å². The second-order valence-corrected chi connectivity index (χ2v) is 3.63. The molecule has 2 aromatic rings. The third kappa shape index (κ3) is 1.73. The van der Waals surface area contributed by atoms with Crippen molar-refractivity contribution in [2.45, 2.75) is 20.0 Å². The van der Waals surface area contributed by atoms with E-state index in [1.807, 2.05) is 25.1 Å². The highest BCUT2D eigenvalue weighted by Gasteiger charge is 2.17. The molecule has 15 heavy (non-hydrogen) atoms. The summed E-state index contributed by atoms with van der Waals surface area (Å²) in [6.45, 7) is 6.98. The van der Waals surface area contributed by atoms with Crippen LogP contribution in [0.3, 0.4) is 0 Å². The fourth-order valence-corrected chi connectivity index (χ4v) is 1.45. The molecule has 2 rings (SSSR count). The molecule has 0 aliphatic carbocycles. The van der Waals surface area contributed by atoms with Crippen molar-refractivity contribution in [3.63, 3.8) is 0 Å². The number of rotatable bonds is 3. The van der Waals surface area contributed by atoms with Crippen LogP contribution in [0.25, 0.3) is 11.2 Å². The summed E-state index contributed by atoms with van der Waals surface area (Å²) < 4.78 is 10.6. The van der Waals surface area contributed by atoms with Gasteiger partial charge in [0.1, 0.15) is 17.3 Å². The van der Waals surface area contributed by atoms with Crippen LogP contribution >= 0.6 is 0 Å². The van der Waals surface area contributed by atoms with Crippen molar-refractivity contribution >= 4 is 17.1 Å². The topological polar surface area (TPSA) is 39.4 Å². The third-order valence-corrected chi connectivity index (χ3v) is 2.28. The van der Waals surface area contributed by atoms with Gasteiger partial charge in [-0.2, -0.15) is 0 Å². The van der Waals surface area contributed by atoms with Crippen LogP contribution in [0.1, 0.15) is 25.5 Å². The number of hydrogen-bond acceptors (Lipinski definition) is 3. The molecule has 0 aromatic carbocycles. The summed E-state index contributed by atoms with van der Waals surface area (Å²) in [5, 5.41) is 0. The zero-order valence-electron chi connectivity index (χ0n) is 8.74. The molecular formula is C12H12O3. The predicted octanol–water partition coefficient (Wildman–Crippen LogP) is 3.05. The lowest BCUT2D eigenvalue weighted by Crippen LogP contribution is -2.08. The summed E-state index contributed by atoms with van der Waals surface area (Å²) in [6, 6.07) is 5.63. The molecule has 0 radical (unpaired) electrons. The minimum Gasteiger partial charge on any atom is -0.457 e. The maximum absolute atomic E-state index is 11.3. The molecule has 0 saturated heterocycles. The zero-order valence-corrected chi connectivity index (χ0v) is 8.74. The highest BCUT2D eigenvalue weighted by atomic mass is 16.5. The molecule has 0 N–H and O–H groups in total. The Kier molecular flexibility index (Phi) is 2.23. The van der Waals surface area contributed by atoms with Gasteiger partial charge in [-0.05, 0) is 32.0 Å². The van der Waals surface area contributed by atoms with Crippen LogP contribution in [0.15, 0.2) is 34.8 Å². The van der Waals surface area contributed by atoms with E-state index in [0.717, 1.165) is 16.7 Å². The number of fused-ring (bicyclic) bond motifs is 2. The molecule has 0 saturated carbocycles. The van der Waals surface area contributed by atoms with Gasteiger partial charge in [-0.25, -0.2) is 4.79 Å². The molecule has 2 heterocycles. The molecule has 78 valence electrons. The van der Waals surface area contributed by atoms with E-state index in [-0.39, 0.29) is 12.1 Å². The lowest BCUT2D eigenvalue weighted by molar-refractivity contribution is -0.143. The van der Waals surface area contributed by atoms with E-state index < -0.39 is 0 Å².